The van der Waals surface area contributed by atoms with Crippen LogP contribution in [0, 0.1) is 17.0 Å². The first-order chi connectivity index (χ1) is 7.91. The van der Waals surface area contributed by atoms with Crippen LogP contribution in [0.1, 0.15) is 5.56 Å². The van der Waals surface area contributed by atoms with Crippen LogP contribution in [-0.2, 0) is 4.79 Å². The normalized spacial score (nSPS) is 11.9. The third-order valence-corrected chi connectivity index (χ3v) is 2.12. The molecule has 92 valence electrons. The van der Waals surface area contributed by atoms with E-state index >= 15 is 0 Å². The van der Waals surface area contributed by atoms with Crippen LogP contribution >= 0.6 is 0 Å². The molecular formula is C10H12N2O5. The van der Waals surface area contributed by atoms with E-state index in [1.165, 1.54) is 18.2 Å². The Labute approximate surface area is 97.0 Å². The van der Waals surface area contributed by atoms with Gasteiger partial charge in [0.2, 0.25) is 0 Å². The average molecular weight is 240 g/mol. The summed E-state index contributed by atoms with van der Waals surface area (Å²) >= 11 is 0. The van der Waals surface area contributed by atoms with E-state index in [0.29, 0.717) is 5.56 Å². The summed E-state index contributed by atoms with van der Waals surface area (Å²) in [6.07, 6.45) is 0. The Morgan fingerprint density at radius 3 is 2.82 bits per heavy atom. The maximum absolute atomic E-state index is 10.5. The molecule has 0 aliphatic carbocycles. The minimum atomic E-state index is -1.19. The van der Waals surface area contributed by atoms with E-state index in [2.05, 4.69) is 0 Å². The maximum atomic E-state index is 10.5. The number of non-ortho nitro benzene ring substituents is 1. The van der Waals surface area contributed by atoms with Gasteiger partial charge in [0.25, 0.3) is 5.69 Å². The SMILES string of the molecule is Cc1ccc([N+](=O)[O-])cc1OCC(N)C(=O)O. The lowest BCUT2D eigenvalue weighted by molar-refractivity contribution is -0.384. The Bertz CT molecular complexity index is 446. The Balaban J connectivity index is 2.79. The zero-order valence-corrected chi connectivity index (χ0v) is 9.12. The molecule has 0 bridgehead atoms. The number of nitro benzene ring substituents is 1. The van der Waals surface area contributed by atoms with Gasteiger partial charge in [-0.25, -0.2) is 0 Å². The van der Waals surface area contributed by atoms with Crippen molar-refractivity contribution in [2.45, 2.75) is 13.0 Å². The monoisotopic (exact) mass is 240 g/mol. The average Bonchev–Trinajstić information content (AvgIpc) is 2.26. The van der Waals surface area contributed by atoms with Crippen molar-refractivity contribution in [3.05, 3.63) is 33.9 Å². The first kappa shape index (κ1) is 12.9. The molecule has 1 aromatic rings. The van der Waals surface area contributed by atoms with Gasteiger partial charge in [0.15, 0.2) is 0 Å². The fourth-order valence-corrected chi connectivity index (χ4v) is 1.11. The van der Waals surface area contributed by atoms with Crippen LogP contribution < -0.4 is 10.5 Å². The lowest BCUT2D eigenvalue weighted by Crippen LogP contribution is -2.36. The molecule has 0 aromatic heterocycles. The van der Waals surface area contributed by atoms with Gasteiger partial charge in [-0.1, -0.05) is 0 Å². The molecule has 3 N–H and O–H groups in total. The molecule has 0 heterocycles. The lowest BCUT2D eigenvalue weighted by Gasteiger charge is -2.11. The number of nitrogens with two attached hydrogens (primary N) is 1. The number of benzene rings is 1. The smallest absolute Gasteiger partial charge is 0.324 e. The molecule has 7 nitrogen and oxygen atoms in total. The highest BCUT2D eigenvalue weighted by atomic mass is 16.6. The van der Waals surface area contributed by atoms with Crippen LogP contribution in [0.4, 0.5) is 5.69 Å². The zero-order valence-electron chi connectivity index (χ0n) is 9.12. The Hall–Kier alpha value is -2.15. The number of nitro groups is 1. The Kier molecular flexibility index (Phi) is 4.00. The van der Waals surface area contributed by atoms with Crippen molar-refractivity contribution >= 4 is 11.7 Å². The molecule has 0 amide bonds. The number of hydrogen-bond donors (Lipinski definition) is 2. The summed E-state index contributed by atoms with van der Waals surface area (Å²) in [6, 6.07) is 2.96. The molecule has 17 heavy (non-hydrogen) atoms. The number of carboxylic acids is 1. The second kappa shape index (κ2) is 5.26. The third kappa shape index (κ3) is 3.42. The van der Waals surface area contributed by atoms with Crippen molar-refractivity contribution in [2.75, 3.05) is 6.61 Å². The van der Waals surface area contributed by atoms with Crippen molar-refractivity contribution < 1.29 is 19.6 Å². The summed E-state index contributed by atoms with van der Waals surface area (Å²) in [7, 11) is 0. The largest absolute Gasteiger partial charge is 0.491 e. The summed E-state index contributed by atoms with van der Waals surface area (Å²) in [5, 5.41) is 19.1. The Morgan fingerprint density at radius 2 is 2.29 bits per heavy atom. The first-order valence-corrected chi connectivity index (χ1v) is 4.78. The van der Waals surface area contributed by atoms with Gasteiger partial charge in [0.1, 0.15) is 18.4 Å². The van der Waals surface area contributed by atoms with E-state index in [-0.39, 0.29) is 18.0 Å². The molecule has 0 aliphatic rings. The molecule has 0 saturated carbocycles. The molecule has 0 spiro atoms. The molecule has 0 fully saturated rings. The van der Waals surface area contributed by atoms with Crippen molar-refractivity contribution in [1.29, 1.82) is 0 Å². The number of ether oxygens (including phenoxy) is 1. The second-order valence-electron chi connectivity index (χ2n) is 3.46. The van der Waals surface area contributed by atoms with Crippen molar-refractivity contribution in [3.8, 4) is 5.75 Å². The number of aliphatic carboxylic acids is 1. The standard InChI is InChI=1S/C10H12N2O5/c1-6-2-3-7(12(15)16)4-9(6)17-5-8(11)10(13)14/h2-4,8H,5,11H2,1H3,(H,13,14). The summed E-state index contributed by atoms with van der Waals surface area (Å²) in [4.78, 5) is 20.5. The van der Waals surface area contributed by atoms with E-state index < -0.39 is 16.9 Å². The summed E-state index contributed by atoms with van der Waals surface area (Å²) in [6.45, 7) is 1.46. The van der Waals surface area contributed by atoms with Crippen LogP contribution in [0.25, 0.3) is 0 Å². The predicted octanol–water partition coefficient (Wildman–Crippen LogP) is 0.694. The van der Waals surface area contributed by atoms with E-state index in [0.717, 1.165) is 0 Å². The maximum Gasteiger partial charge on any atom is 0.324 e. The highest BCUT2D eigenvalue weighted by Crippen LogP contribution is 2.23. The summed E-state index contributed by atoms with van der Waals surface area (Å²) < 4.78 is 5.14. The van der Waals surface area contributed by atoms with Gasteiger partial charge in [-0.2, -0.15) is 0 Å². The molecule has 0 aliphatic heterocycles. The van der Waals surface area contributed by atoms with E-state index in [9.17, 15) is 14.9 Å². The predicted molar refractivity (Wildman–Crippen MR) is 58.9 cm³/mol. The molecule has 1 rings (SSSR count). The molecule has 1 atom stereocenters. The summed E-state index contributed by atoms with van der Waals surface area (Å²) in [5.41, 5.74) is 5.81. The van der Waals surface area contributed by atoms with Crippen LogP contribution in [0.3, 0.4) is 0 Å². The Morgan fingerprint density at radius 1 is 1.65 bits per heavy atom. The van der Waals surface area contributed by atoms with Gasteiger partial charge in [-0.05, 0) is 18.6 Å². The van der Waals surface area contributed by atoms with Crippen molar-refractivity contribution in [2.24, 2.45) is 5.73 Å². The minimum absolute atomic E-state index is 0.116. The number of carboxylic acid groups (broad SMARTS) is 1. The van der Waals surface area contributed by atoms with Crippen LogP contribution in [0.15, 0.2) is 18.2 Å². The molecule has 1 aromatic carbocycles. The van der Waals surface area contributed by atoms with Crippen LogP contribution in [0.5, 0.6) is 5.75 Å². The minimum Gasteiger partial charge on any atom is -0.491 e. The van der Waals surface area contributed by atoms with Crippen LogP contribution in [-0.4, -0.2) is 28.6 Å². The van der Waals surface area contributed by atoms with Gasteiger partial charge in [0.05, 0.1) is 11.0 Å². The number of rotatable bonds is 5. The number of carbonyl (C=O) groups is 1. The van der Waals surface area contributed by atoms with Crippen LogP contribution in [0.2, 0.25) is 0 Å². The molecule has 0 saturated heterocycles. The molecular weight excluding hydrogens is 228 g/mol. The fourth-order valence-electron chi connectivity index (χ4n) is 1.11. The number of nitrogens with zero attached hydrogens (tertiary/aromatic N) is 1. The molecule has 7 heteroatoms. The van der Waals surface area contributed by atoms with Gasteiger partial charge < -0.3 is 15.6 Å². The van der Waals surface area contributed by atoms with Crippen molar-refractivity contribution in [3.63, 3.8) is 0 Å². The highest BCUT2D eigenvalue weighted by Gasteiger charge is 2.14. The zero-order chi connectivity index (χ0) is 13.0. The first-order valence-electron chi connectivity index (χ1n) is 4.78. The van der Waals surface area contributed by atoms with Gasteiger partial charge >= 0.3 is 5.97 Å². The van der Waals surface area contributed by atoms with E-state index in [4.69, 9.17) is 15.6 Å². The second-order valence-corrected chi connectivity index (χ2v) is 3.46. The lowest BCUT2D eigenvalue weighted by atomic mass is 10.2. The van der Waals surface area contributed by atoms with Gasteiger partial charge in [-0.3, -0.25) is 14.9 Å². The van der Waals surface area contributed by atoms with E-state index in [1.807, 2.05) is 0 Å². The van der Waals surface area contributed by atoms with Crippen molar-refractivity contribution in [1.82, 2.24) is 0 Å². The topological polar surface area (TPSA) is 116 Å². The molecule has 1 unspecified atom stereocenters. The fraction of sp³-hybridized carbons (Fsp3) is 0.300. The quantitative estimate of drug-likeness (QED) is 0.578. The van der Waals surface area contributed by atoms with Gasteiger partial charge in [-0.15, -0.1) is 0 Å². The van der Waals surface area contributed by atoms with Gasteiger partial charge in [0, 0.05) is 6.07 Å². The summed E-state index contributed by atoms with van der Waals surface area (Å²) in [5.74, 6) is -0.927. The number of hydrogen-bond acceptors (Lipinski definition) is 5. The molecule has 0 radical (unpaired) electrons. The number of aryl methyl sites for hydroxylation is 1. The third-order valence-electron chi connectivity index (χ3n) is 2.12. The highest BCUT2D eigenvalue weighted by molar-refractivity contribution is 5.73. The van der Waals surface area contributed by atoms with E-state index in [1.54, 1.807) is 6.92 Å².